The van der Waals surface area contributed by atoms with Crippen LogP contribution in [0.25, 0.3) is 0 Å². The second kappa shape index (κ2) is 5.09. The Morgan fingerprint density at radius 1 is 1.29 bits per heavy atom. The lowest BCUT2D eigenvalue weighted by Gasteiger charge is -2.32. The lowest BCUT2D eigenvalue weighted by Crippen LogP contribution is -2.39. The van der Waals surface area contributed by atoms with Crippen LogP contribution >= 0.6 is 0 Å². The molecule has 1 N–H and O–H groups in total. The first kappa shape index (κ1) is 14.0. The van der Waals surface area contributed by atoms with Crippen LogP contribution in [0.5, 0.6) is 0 Å². The average Bonchev–Trinajstić information content (AvgIpc) is 2.25. The number of aryl methyl sites for hydroxylation is 1. The van der Waals surface area contributed by atoms with Gasteiger partial charge in [0.25, 0.3) is 0 Å². The quantitative estimate of drug-likeness (QED) is 0.780. The van der Waals surface area contributed by atoms with Gasteiger partial charge in [-0.2, -0.15) is 0 Å². The zero-order chi connectivity index (χ0) is 13.2. The van der Waals surface area contributed by atoms with Crippen molar-refractivity contribution in [2.45, 2.75) is 59.4 Å². The summed E-state index contributed by atoms with van der Waals surface area (Å²) in [4.78, 5) is 0. The number of hydrogen-bond acceptors (Lipinski definition) is 2. The average molecular weight is 235 g/mol. The Morgan fingerprint density at radius 2 is 1.88 bits per heavy atom. The SMILES string of the molecule is CCC(C)c1ccc(N(O)C(C)(C)C)c(C)c1. The Labute approximate surface area is 105 Å². The van der Waals surface area contributed by atoms with Crippen molar-refractivity contribution < 1.29 is 5.21 Å². The minimum atomic E-state index is -0.275. The van der Waals surface area contributed by atoms with E-state index in [0.717, 1.165) is 17.7 Å². The number of hydroxylamine groups is 1. The highest BCUT2D eigenvalue weighted by molar-refractivity contribution is 5.54. The molecule has 0 amide bonds. The van der Waals surface area contributed by atoms with Gasteiger partial charge in [-0.05, 0) is 57.2 Å². The lowest BCUT2D eigenvalue weighted by molar-refractivity contribution is 0.180. The third-order valence-electron chi connectivity index (χ3n) is 3.27. The van der Waals surface area contributed by atoms with Gasteiger partial charge in [0, 0.05) is 0 Å². The summed E-state index contributed by atoms with van der Waals surface area (Å²) in [5, 5.41) is 11.5. The van der Waals surface area contributed by atoms with E-state index in [0.29, 0.717) is 5.92 Å². The largest absolute Gasteiger partial charge is 0.288 e. The molecule has 0 fully saturated rings. The van der Waals surface area contributed by atoms with Crippen LogP contribution in [-0.4, -0.2) is 10.7 Å². The Hall–Kier alpha value is -1.02. The van der Waals surface area contributed by atoms with E-state index in [2.05, 4.69) is 32.9 Å². The highest BCUT2D eigenvalue weighted by Gasteiger charge is 2.21. The van der Waals surface area contributed by atoms with E-state index in [9.17, 15) is 5.21 Å². The summed E-state index contributed by atoms with van der Waals surface area (Å²) in [5.74, 6) is 0.574. The van der Waals surface area contributed by atoms with Crippen molar-refractivity contribution >= 4 is 5.69 Å². The number of hydrogen-bond donors (Lipinski definition) is 1. The molecule has 1 unspecified atom stereocenters. The smallest absolute Gasteiger partial charge is 0.0669 e. The van der Waals surface area contributed by atoms with E-state index in [-0.39, 0.29) is 5.54 Å². The molecule has 0 heterocycles. The second-order valence-electron chi connectivity index (χ2n) is 5.84. The van der Waals surface area contributed by atoms with Gasteiger partial charge in [0.1, 0.15) is 0 Å². The molecule has 1 rings (SSSR count). The molecule has 0 aliphatic carbocycles. The molecule has 1 aromatic carbocycles. The monoisotopic (exact) mass is 235 g/mol. The zero-order valence-corrected chi connectivity index (χ0v) is 11.9. The molecule has 0 saturated heterocycles. The van der Waals surface area contributed by atoms with Crippen LogP contribution in [0, 0.1) is 6.92 Å². The molecule has 96 valence electrons. The summed E-state index contributed by atoms with van der Waals surface area (Å²) in [6.07, 6.45) is 1.14. The Morgan fingerprint density at radius 3 is 2.29 bits per heavy atom. The second-order valence-corrected chi connectivity index (χ2v) is 5.84. The maximum Gasteiger partial charge on any atom is 0.0669 e. The highest BCUT2D eigenvalue weighted by Crippen LogP contribution is 2.29. The molecule has 0 bridgehead atoms. The fraction of sp³-hybridized carbons (Fsp3) is 0.600. The standard InChI is InChI=1S/C15H25NO/c1-7-11(2)13-8-9-14(12(3)10-13)16(17)15(4,5)6/h8-11,17H,7H2,1-6H3. The summed E-state index contributed by atoms with van der Waals surface area (Å²) in [6.45, 7) is 12.5. The summed E-state index contributed by atoms with van der Waals surface area (Å²) in [5.41, 5.74) is 3.09. The van der Waals surface area contributed by atoms with Crippen molar-refractivity contribution in [3.05, 3.63) is 29.3 Å². The fourth-order valence-electron chi connectivity index (χ4n) is 1.82. The normalized spacial score (nSPS) is 13.6. The van der Waals surface area contributed by atoms with Crippen LogP contribution in [0.3, 0.4) is 0 Å². The summed E-state index contributed by atoms with van der Waals surface area (Å²) < 4.78 is 0. The molecule has 0 aromatic heterocycles. The first-order valence-electron chi connectivity index (χ1n) is 6.37. The van der Waals surface area contributed by atoms with Gasteiger partial charge in [-0.25, -0.2) is 0 Å². The van der Waals surface area contributed by atoms with Crippen LogP contribution in [0.2, 0.25) is 0 Å². The third kappa shape index (κ3) is 3.22. The van der Waals surface area contributed by atoms with Gasteiger partial charge in [-0.1, -0.05) is 26.0 Å². The van der Waals surface area contributed by atoms with Gasteiger partial charge in [0.05, 0.1) is 11.2 Å². The van der Waals surface area contributed by atoms with Gasteiger partial charge in [-0.3, -0.25) is 10.3 Å². The molecular weight excluding hydrogens is 210 g/mol. The molecule has 0 radical (unpaired) electrons. The third-order valence-corrected chi connectivity index (χ3v) is 3.27. The molecule has 0 aliphatic rings. The van der Waals surface area contributed by atoms with Crippen LogP contribution in [0.1, 0.15) is 58.1 Å². The van der Waals surface area contributed by atoms with Crippen LogP contribution in [0.4, 0.5) is 5.69 Å². The van der Waals surface area contributed by atoms with Gasteiger partial charge < -0.3 is 0 Å². The number of benzene rings is 1. The topological polar surface area (TPSA) is 23.5 Å². The Balaban J connectivity index is 3.06. The molecule has 0 aliphatic heterocycles. The van der Waals surface area contributed by atoms with Gasteiger partial charge >= 0.3 is 0 Å². The van der Waals surface area contributed by atoms with E-state index in [1.165, 1.54) is 10.6 Å². The van der Waals surface area contributed by atoms with Crippen molar-refractivity contribution in [2.75, 3.05) is 5.06 Å². The Bertz CT molecular complexity index is 379. The van der Waals surface area contributed by atoms with E-state index in [1.54, 1.807) is 0 Å². The van der Waals surface area contributed by atoms with Crippen LogP contribution < -0.4 is 5.06 Å². The molecule has 0 spiro atoms. The summed E-state index contributed by atoms with van der Waals surface area (Å²) in [7, 11) is 0. The molecule has 2 nitrogen and oxygen atoms in total. The van der Waals surface area contributed by atoms with E-state index in [4.69, 9.17) is 0 Å². The zero-order valence-electron chi connectivity index (χ0n) is 11.9. The molecule has 17 heavy (non-hydrogen) atoms. The predicted molar refractivity (Wildman–Crippen MR) is 73.9 cm³/mol. The molecule has 1 atom stereocenters. The van der Waals surface area contributed by atoms with Crippen LogP contribution in [0.15, 0.2) is 18.2 Å². The summed E-state index contributed by atoms with van der Waals surface area (Å²) in [6, 6.07) is 6.31. The first-order chi connectivity index (χ1) is 7.77. The van der Waals surface area contributed by atoms with E-state index in [1.807, 2.05) is 26.8 Å². The molecular formula is C15H25NO. The van der Waals surface area contributed by atoms with Crippen molar-refractivity contribution in [2.24, 2.45) is 0 Å². The van der Waals surface area contributed by atoms with Crippen molar-refractivity contribution in [3.8, 4) is 0 Å². The minimum Gasteiger partial charge on any atom is -0.288 e. The molecule has 1 aromatic rings. The Kier molecular flexibility index (Phi) is 4.21. The number of rotatable bonds is 3. The van der Waals surface area contributed by atoms with Crippen molar-refractivity contribution in [3.63, 3.8) is 0 Å². The maximum atomic E-state index is 10.2. The predicted octanol–water partition coefficient (Wildman–Crippen LogP) is 4.50. The van der Waals surface area contributed by atoms with Gasteiger partial charge in [0.2, 0.25) is 0 Å². The number of anilines is 1. The van der Waals surface area contributed by atoms with Crippen LogP contribution in [-0.2, 0) is 0 Å². The van der Waals surface area contributed by atoms with Crippen molar-refractivity contribution in [1.82, 2.24) is 0 Å². The van der Waals surface area contributed by atoms with Gasteiger partial charge in [-0.15, -0.1) is 0 Å². The fourth-order valence-corrected chi connectivity index (χ4v) is 1.82. The molecule has 0 saturated carbocycles. The lowest BCUT2D eigenvalue weighted by atomic mass is 9.96. The maximum absolute atomic E-state index is 10.2. The van der Waals surface area contributed by atoms with E-state index >= 15 is 0 Å². The highest BCUT2D eigenvalue weighted by atomic mass is 16.5. The van der Waals surface area contributed by atoms with E-state index < -0.39 is 0 Å². The van der Waals surface area contributed by atoms with Crippen molar-refractivity contribution in [1.29, 1.82) is 0 Å². The van der Waals surface area contributed by atoms with Gasteiger partial charge in [0.15, 0.2) is 0 Å². The molecule has 2 heteroatoms. The first-order valence-corrected chi connectivity index (χ1v) is 6.37. The minimum absolute atomic E-state index is 0.275. The number of nitrogens with zero attached hydrogens (tertiary/aromatic N) is 1. The summed E-state index contributed by atoms with van der Waals surface area (Å²) >= 11 is 0.